The maximum Gasteiger partial charge on any atom is 0.407 e. The van der Waals surface area contributed by atoms with Crippen molar-refractivity contribution >= 4 is 34.9 Å². The molecule has 214 valence electrons. The lowest BCUT2D eigenvalue weighted by atomic mass is 9.86. The molecule has 1 aromatic rings. The van der Waals surface area contributed by atoms with Crippen molar-refractivity contribution < 1.29 is 19.1 Å². The summed E-state index contributed by atoms with van der Waals surface area (Å²) in [5, 5.41) is 12.0. The average molecular weight is 539 g/mol. The second kappa shape index (κ2) is 14.2. The first-order valence-corrected chi connectivity index (χ1v) is 14.4. The van der Waals surface area contributed by atoms with Crippen LogP contribution in [0.4, 0.5) is 16.2 Å². The van der Waals surface area contributed by atoms with Gasteiger partial charge < -0.3 is 26.0 Å². The second-order valence-electron chi connectivity index (χ2n) is 11.8. The Hall–Kier alpha value is -3.29. The lowest BCUT2D eigenvalue weighted by Crippen LogP contribution is -2.44. The van der Waals surface area contributed by atoms with E-state index < -0.39 is 17.7 Å². The number of allylic oxidation sites excluding steroid dienone is 2. The zero-order valence-corrected chi connectivity index (χ0v) is 24.1. The maximum absolute atomic E-state index is 13.3. The Bertz CT molecular complexity index is 1070. The van der Waals surface area contributed by atoms with Gasteiger partial charge in [-0.3, -0.25) is 9.59 Å². The van der Waals surface area contributed by atoms with Crippen molar-refractivity contribution in [2.45, 2.75) is 104 Å². The first kappa shape index (κ1) is 30.3. The molecule has 1 saturated carbocycles. The van der Waals surface area contributed by atoms with E-state index in [9.17, 15) is 14.4 Å². The Kier molecular flexibility index (Phi) is 11.0. The number of amides is 3. The number of unbranched alkanes of at least 4 members (excludes halogenated alkanes) is 1. The molecule has 8 nitrogen and oxygen atoms in total. The van der Waals surface area contributed by atoms with Gasteiger partial charge in [0.1, 0.15) is 11.6 Å². The third-order valence-corrected chi connectivity index (χ3v) is 7.14. The van der Waals surface area contributed by atoms with Gasteiger partial charge in [-0.1, -0.05) is 44.7 Å². The fourth-order valence-corrected chi connectivity index (χ4v) is 5.17. The minimum atomic E-state index is -0.661. The van der Waals surface area contributed by atoms with E-state index in [0.29, 0.717) is 43.8 Å². The van der Waals surface area contributed by atoms with E-state index in [4.69, 9.17) is 4.74 Å². The van der Waals surface area contributed by atoms with Gasteiger partial charge in [0, 0.05) is 35.6 Å². The van der Waals surface area contributed by atoms with Crippen molar-refractivity contribution in [1.82, 2.24) is 10.6 Å². The summed E-state index contributed by atoms with van der Waals surface area (Å²) < 4.78 is 5.27. The summed E-state index contributed by atoms with van der Waals surface area (Å²) in [5.41, 5.74) is 3.96. The Labute approximate surface area is 233 Å². The Morgan fingerprint density at radius 1 is 1.13 bits per heavy atom. The molecule has 0 bridgehead atoms. The van der Waals surface area contributed by atoms with Crippen LogP contribution < -0.4 is 21.3 Å². The number of carbonyl (C=O) groups excluding carboxylic acids is 3. The number of benzene rings is 1. The van der Waals surface area contributed by atoms with Gasteiger partial charge in [0.15, 0.2) is 0 Å². The lowest BCUT2D eigenvalue weighted by Gasteiger charge is -2.23. The van der Waals surface area contributed by atoms with E-state index in [1.165, 1.54) is 32.1 Å². The summed E-state index contributed by atoms with van der Waals surface area (Å²) in [6, 6.07) is 5.07. The third-order valence-electron chi connectivity index (χ3n) is 7.14. The zero-order chi connectivity index (χ0) is 28.4. The van der Waals surface area contributed by atoms with Crippen LogP contribution in [0.25, 0.3) is 5.57 Å². The van der Waals surface area contributed by atoms with Gasteiger partial charge in [0.05, 0.1) is 0 Å². The molecule has 1 heterocycles. The SMILES string of the molecule is C=C1C=C(C)c2ccc(NC(=O)C(CCCCNC(=O)OC(C)(C)C)NC(=O)CCC3CCCCC3)cc2N1. The van der Waals surface area contributed by atoms with Crippen molar-refractivity contribution in [2.75, 3.05) is 17.2 Å². The molecule has 1 aliphatic carbocycles. The molecule has 2 aliphatic rings. The van der Waals surface area contributed by atoms with Crippen LogP contribution in [0.5, 0.6) is 0 Å². The van der Waals surface area contributed by atoms with Crippen LogP contribution in [-0.4, -0.2) is 36.1 Å². The number of hydrogen-bond donors (Lipinski definition) is 4. The molecule has 0 saturated heterocycles. The predicted octanol–water partition coefficient (Wildman–Crippen LogP) is 6.51. The van der Waals surface area contributed by atoms with Gasteiger partial charge in [0.2, 0.25) is 11.8 Å². The van der Waals surface area contributed by atoms with Crippen molar-refractivity contribution in [3.05, 3.63) is 42.1 Å². The van der Waals surface area contributed by atoms with Crippen LogP contribution >= 0.6 is 0 Å². The smallest absolute Gasteiger partial charge is 0.407 e. The fraction of sp³-hybridized carbons (Fsp3) is 0.581. The fourth-order valence-electron chi connectivity index (χ4n) is 5.17. The lowest BCUT2D eigenvalue weighted by molar-refractivity contribution is -0.126. The van der Waals surface area contributed by atoms with Crippen LogP contribution in [0.2, 0.25) is 0 Å². The average Bonchev–Trinajstić information content (AvgIpc) is 2.85. The molecule has 3 amide bonds. The largest absolute Gasteiger partial charge is 0.444 e. The number of nitrogens with one attached hydrogen (secondary N) is 4. The summed E-state index contributed by atoms with van der Waals surface area (Å²) in [5.74, 6) is 0.269. The molecule has 1 fully saturated rings. The number of anilines is 2. The van der Waals surface area contributed by atoms with Crippen molar-refractivity contribution in [2.24, 2.45) is 5.92 Å². The Morgan fingerprint density at radius 2 is 1.87 bits per heavy atom. The van der Waals surface area contributed by atoms with Gasteiger partial charge >= 0.3 is 6.09 Å². The van der Waals surface area contributed by atoms with Crippen LogP contribution in [0.15, 0.2) is 36.6 Å². The molecule has 4 N–H and O–H groups in total. The second-order valence-corrected chi connectivity index (χ2v) is 11.8. The molecular weight excluding hydrogens is 492 g/mol. The summed E-state index contributed by atoms with van der Waals surface area (Å²) in [6.07, 6.45) is 10.8. The first-order chi connectivity index (χ1) is 18.5. The molecule has 0 spiro atoms. The topological polar surface area (TPSA) is 109 Å². The monoisotopic (exact) mass is 538 g/mol. The van der Waals surface area contributed by atoms with Gasteiger partial charge in [-0.15, -0.1) is 0 Å². The number of rotatable bonds is 11. The summed E-state index contributed by atoms with van der Waals surface area (Å²) in [6.45, 7) is 11.9. The van der Waals surface area contributed by atoms with E-state index in [-0.39, 0.29) is 11.8 Å². The third kappa shape index (κ3) is 10.4. The van der Waals surface area contributed by atoms with E-state index in [1.54, 1.807) is 0 Å². The first-order valence-electron chi connectivity index (χ1n) is 14.4. The minimum Gasteiger partial charge on any atom is -0.444 e. The van der Waals surface area contributed by atoms with Crippen LogP contribution in [0.3, 0.4) is 0 Å². The molecule has 1 atom stereocenters. The van der Waals surface area contributed by atoms with E-state index in [0.717, 1.165) is 28.9 Å². The highest BCUT2D eigenvalue weighted by molar-refractivity contribution is 5.98. The molecule has 1 aromatic carbocycles. The van der Waals surface area contributed by atoms with Crippen molar-refractivity contribution in [1.29, 1.82) is 0 Å². The van der Waals surface area contributed by atoms with E-state index in [1.807, 2.05) is 52.0 Å². The van der Waals surface area contributed by atoms with Crippen LogP contribution in [-0.2, 0) is 14.3 Å². The van der Waals surface area contributed by atoms with E-state index >= 15 is 0 Å². The number of carbonyl (C=O) groups is 3. The Balaban J connectivity index is 1.56. The quantitative estimate of drug-likeness (QED) is 0.240. The molecule has 8 heteroatoms. The van der Waals surface area contributed by atoms with Crippen LogP contribution in [0, 0.1) is 5.92 Å². The van der Waals surface area contributed by atoms with Gasteiger partial charge in [-0.05, 0) is 83.1 Å². The number of alkyl carbamates (subject to hydrolysis) is 1. The van der Waals surface area contributed by atoms with Gasteiger partial charge in [-0.25, -0.2) is 4.79 Å². The number of hydrogen-bond acceptors (Lipinski definition) is 5. The summed E-state index contributed by atoms with van der Waals surface area (Å²) in [7, 11) is 0. The molecule has 39 heavy (non-hydrogen) atoms. The highest BCUT2D eigenvalue weighted by Crippen LogP contribution is 2.32. The Morgan fingerprint density at radius 3 is 2.59 bits per heavy atom. The number of fused-ring (bicyclic) bond motifs is 1. The summed E-state index contributed by atoms with van der Waals surface area (Å²) in [4.78, 5) is 38.0. The predicted molar refractivity (Wildman–Crippen MR) is 157 cm³/mol. The van der Waals surface area contributed by atoms with E-state index in [2.05, 4.69) is 27.8 Å². The zero-order valence-electron chi connectivity index (χ0n) is 24.1. The standard InChI is InChI=1S/C31H46N4O4/c1-21-19-22(2)33-27-20-24(15-16-25(21)27)34-29(37)26(13-9-10-18-32-30(38)39-31(3,4)5)35-28(36)17-14-23-11-7-6-8-12-23/h15-16,19-20,23,26,33H,2,6-14,17-18H2,1,3-5H3,(H,32,38)(H,34,37)(H,35,36). The molecule has 0 radical (unpaired) electrons. The molecule has 1 unspecified atom stereocenters. The van der Waals surface area contributed by atoms with Crippen molar-refractivity contribution in [3.8, 4) is 0 Å². The molecule has 0 aromatic heterocycles. The maximum atomic E-state index is 13.3. The minimum absolute atomic E-state index is 0.0863. The van der Waals surface area contributed by atoms with Gasteiger partial charge in [-0.2, -0.15) is 0 Å². The van der Waals surface area contributed by atoms with Gasteiger partial charge in [0.25, 0.3) is 0 Å². The summed E-state index contributed by atoms with van der Waals surface area (Å²) >= 11 is 0. The highest BCUT2D eigenvalue weighted by Gasteiger charge is 2.23. The highest BCUT2D eigenvalue weighted by atomic mass is 16.6. The van der Waals surface area contributed by atoms with Crippen molar-refractivity contribution in [3.63, 3.8) is 0 Å². The molecular formula is C31H46N4O4. The molecule has 3 rings (SSSR count). The molecule has 1 aliphatic heterocycles. The normalized spacial score (nSPS) is 16.3. The van der Waals surface area contributed by atoms with Crippen LogP contribution in [0.1, 0.15) is 97.5 Å². The number of ether oxygens (including phenoxy) is 1.